The van der Waals surface area contributed by atoms with Crippen molar-refractivity contribution < 1.29 is 17.9 Å². The second-order valence-electron chi connectivity index (χ2n) is 4.38. The lowest BCUT2D eigenvalue weighted by Gasteiger charge is -2.19. The minimum absolute atomic E-state index is 0.0675. The highest BCUT2D eigenvalue weighted by molar-refractivity contribution is 7.07. The molecule has 2 N–H and O–H groups in total. The van der Waals surface area contributed by atoms with Crippen molar-refractivity contribution in [3.63, 3.8) is 0 Å². The molecule has 1 atom stereocenters. The monoisotopic (exact) mass is 335 g/mol. The van der Waals surface area contributed by atoms with Crippen molar-refractivity contribution in [1.29, 1.82) is 0 Å². The first-order chi connectivity index (χ1) is 9.91. The van der Waals surface area contributed by atoms with Gasteiger partial charge in [-0.1, -0.05) is 11.6 Å². The maximum atomic E-state index is 12.6. The number of rotatable bonds is 5. The molecule has 2 nitrogen and oxygen atoms in total. The molecule has 0 aliphatic heterocycles. The second-order valence-corrected chi connectivity index (χ2v) is 5.57. The van der Waals surface area contributed by atoms with Crippen LogP contribution in [-0.4, -0.2) is 6.54 Å². The van der Waals surface area contributed by atoms with Crippen LogP contribution in [0.4, 0.5) is 13.2 Å². The molecule has 0 amide bonds. The standard InChI is InChI=1S/C14H13ClF3NOS/c15-11-7-10(14(16,17)18)1-2-13(11)20-12(3-5-19)9-4-6-21-8-9/h1-2,4,6-8,12H,3,5,19H2. The van der Waals surface area contributed by atoms with Crippen LogP contribution in [0.25, 0.3) is 0 Å². The molecule has 0 spiro atoms. The normalized spacial score (nSPS) is 13.2. The SMILES string of the molecule is NCCC(Oc1ccc(C(F)(F)F)cc1Cl)c1ccsc1. The van der Waals surface area contributed by atoms with Crippen LogP contribution >= 0.6 is 22.9 Å². The number of hydrogen-bond donors (Lipinski definition) is 1. The Bertz CT molecular complexity index is 586. The zero-order valence-electron chi connectivity index (χ0n) is 10.9. The van der Waals surface area contributed by atoms with Crippen LogP contribution in [0, 0.1) is 0 Å². The molecule has 2 aromatic rings. The van der Waals surface area contributed by atoms with Gasteiger partial charge in [-0.05, 0) is 41.6 Å². The van der Waals surface area contributed by atoms with E-state index in [0.29, 0.717) is 13.0 Å². The summed E-state index contributed by atoms with van der Waals surface area (Å²) in [5.41, 5.74) is 5.68. The van der Waals surface area contributed by atoms with Crippen LogP contribution in [0.15, 0.2) is 35.0 Å². The molecule has 1 heterocycles. The van der Waals surface area contributed by atoms with E-state index in [1.54, 1.807) is 0 Å². The average Bonchev–Trinajstić information content (AvgIpc) is 2.93. The first-order valence-corrected chi connectivity index (χ1v) is 7.49. The van der Waals surface area contributed by atoms with Gasteiger partial charge >= 0.3 is 6.18 Å². The van der Waals surface area contributed by atoms with E-state index in [1.807, 2.05) is 16.8 Å². The molecule has 7 heteroatoms. The number of nitrogens with two attached hydrogens (primary N) is 1. The van der Waals surface area contributed by atoms with Gasteiger partial charge in [0.15, 0.2) is 0 Å². The molecule has 0 saturated heterocycles. The predicted octanol–water partition coefficient (Wildman–Crippen LogP) is 4.89. The average molecular weight is 336 g/mol. The molecule has 0 aliphatic rings. The zero-order chi connectivity index (χ0) is 15.5. The maximum Gasteiger partial charge on any atom is 0.416 e. The van der Waals surface area contributed by atoms with Crippen molar-refractivity contribution in [2.45, 2.75) is 18.7 Å². The summed E-state index contributed by atoms with van der Waals surface area (Å²) in [6.45, 7) is 0.402. The van der Waals surface area contributed by atoms with E-state index in [9.17, 15) is 13.2 Å². The number of alkyl halides is 3. The topological polar surface area (TPSA) is 35.2 Å². The van der Waals surface area contributed by atoms with Gasteiger partial charge in [-0.3, -0.25) is 0 Å². The van der Waals surface area contributed by atoms with Crippen molar-refractivity contribution in [2.24, 2.45) is 5.73 Å². The third kappa shape index (κ3) is 4.12. The van der Waals surface area contributed by atoms with Gasteiger partial charge in [-0.2, -0.15) is 24.5 Å². The highest BCUT2D eigenvalue weighted by Crippen LogP contribution is 2.36. The lowest BCUT2D eigenvalue weighted by Crippen LogP contribution is -2.13. The molecule has 1 aromatic carbocycles. The Morgan fingerprint density at radius 2 is 2.05 bits per heavy atom. The van der Waals surface area contributed by atoms with Gasteiger partial charge in [0.05, 0.1) is 10.6 Å². The summed E-state index contributed by atoms with van der Waals surface area (Å²) in [5.74, 6) is 0.217. The summed E-state index contributed by atoms with van der Waals surface area (Å²) >= 11 is 7.40. The van der Waals surface area contributed by atoms with Crippen molar-refractivity contribution >= 4 is 22.9 Å². The van der Waals surface area contributed by atoms with Crippen LogP contribution in [-0.2, 0) is 6.18 Å². The van der Waals surface area contributed by atoms with E-state index >= 15 is 0 Å². The first kappa shape index (κ1) is 16.1. The van der Waals surface area contributed by atoms with Gasteiger partial charge in [-0.15, -0.1) is 0 Å². The molecule has 114 valence electrons. The quantitative estimate of drug-likeness (QED) is 0.844. The number of thiophene rings is 1. The summed E-state index contributed by atoms with van der Waals surface area (Å²) in [5, 5.41) is 3.75. The van der Waals surface area contributed by atoms with Gasteiger partial charge in [0.1, 0.15) is 11.9 Å². The molecule has 0 saturated carbocycles. The summed E-state index contributed by atoms with van der Waals surface area (Å²) in [7, 11) is 0. The van der Waals surface area contributed by atoms with E-state index in [1.165, 1.54) is 17.4 Å². The van der Waals surface area contributed by atoms with Crippen LogP contribution in [0.3, 0.4) is 0 Å². The molecule has 2 rings (SSSR count). The van der Waals surface area contributed by atoms with Crippen molar-refractivity contribution in [2.75, 3.05) is 6.54 Å². The summed E-state index contributed by atoms with van der Waals surface area (Å²) in [4.78, 5) is 0. The molecule has 1 aromatic heterocycles. The predicted molar refractivity (Wildman–Crippen MR) is 77.8 cm³/mol. The molecular weight excluding hydrogens is 323 g/mol. The number of ether oxygens (including phenoxy) is 1. The Kier molecular flexibility index (Phi) is 5.13. The Hall–Kier alpha value is -1.24. The molecule has 0 bridgehead atoms. The fourth-order valence-corrected chi connectivity index (χ4v) is 2.76. The number of benzene rings is 1. The Morgan fingerprint density at radius 3 is 2.57 bits per heavy atom. The van der Waals surface area contributed by atoms with Crippen molar-refractivity contribution in [1.82, 2.24) is 0 Å². The van der Waals surface area contributed by atoms with Gasteiger partial charge in [0, 0.05) is 12.0 Å². The Morgan fingerprint density at radius 1 is 1.29 bits per heavy atom. The summed E-state index contributed by atoms with van der Waals surface area (Å²) in [6, 6.07) is 4.95. The third-order valence-corrected chi connectivity index (χ3v) is 3.87. The maximum absolute atomic E-state index is 12.6. The van der Waals surface area contributed by atoms with Crippen molar-refractivity contribution in [3.05, 3.63) is 51.2 Å². The molecule has 0 aliphatic carbocycles. The van der Waals surface area contributed by atoms with E-state index < -0.39 is 11.7 Å². The smallest absolute Gasteiger partial charge is 0.416 e. The molecular formula is C14H13ClF3NOS. The van der Waals surface area contributed by atoms with Gasteiger partial charge < -0.3 is 10.5 Å². The minimum atomic E-state index is -4.42. The van der Waals surface area contributed by atoms with E-state index in [0.717, 1.165) is 17.7 Å². The zero-order valence-corrected chi connectivity index (χ0v) is 12.4. The van der Waals surface area contributed by atoms with Gasteiger partial charge in [0.25, 0.3) is 0 Å². The highest BCUT2D eigenvalue weighted by Gasteiger charge is 2.31. The first-order valence-electron chi connectivity index (χ1n) is 6.17. The summed E-state index contributed by atoms with van der Waals surface area (Å²) < 4.78 is 43.5. The highest BCUT2D eigenvalue weighted by atomic mass is 35.5. The van der Waals surface area contributed by atoms with E-state index in [-0.39, 0.29) is 16.9 Å². The molecule has 0 radical (unpaired) electrons. The molecule has 21 heavy (non-hydrogen) atoms. The number of halogens is 4. The van der Waals surface area contributed by atoms with Crippen molar-refractivity contribution in [3.8, 4) is 5.75 Å². The fraction of sp³-hybridized carbons (Fsp3) is 0.286. The third-order valence-electron chi connectivity index (χ3n) is 2.87. The number of hydrogen-bond acceptors (Lipinski definition) is 3. The second kappa shape index (κ2) is 6.68. The van der Waals surface area contributed by atoms with E-state index in [4.69, 9.17) is 22.1 Å². The largest absolute Gasteiger partial charge is 0.484 e. The van der Waals surface area contributed by atoms with E-state index in [2.05, 4.69) is 0 Å². The Balaban J connectivity index is 2.21. The molecule has 1 unspecified atom stereocenters. The Labute approximate surface area is 129 Å². The minimum Gasteiger partial charge on any atom is -0.484 e. The van der Waals surface area contributed by atoms with Crippen LogP contribution < -0.4 is 10.5 Å². The lowest BCUT2D eigenvalue weighted by molar-refractivity contribution is -0.137. The fourth-order valence-electron chi connectivity index (χ4n) is 1.83. The van der Waals surface area contributed by atoms with Crippen LogP contribution in [0.2, 0.25) is 5.02 Å². The summed E-state index contributed by atoms with van der Waals surface area (Å²) in [6.07, 6.45) is -4.20. The molecule has 0 fully saturated rings. The van der Waals surface area contributed by atoms with Crippen LogP contribution in [0.5, 0.6) is 5.75 Å². The lowest BCUT2D eigenvalue weighted by atomic mass is 10.1. The van der Waals surface area contributed by atoms with Gasteiger partial charge in [0.2, 0.25) is 0 Å². The van der Waals surface area contributed by atoms with Crippen LogP contribution in [0.1, 0.15) is 23.7 Å². The van der Waals surface area contributed by atoms with Gasteiger partial charge in [-0.25, -0.2) is 0 Å².